The van der Waals surface area contributed by atoms with Crippen molar-refractivity contribution < 1.29 is 0 Å². The molecule has 1 aliphatic rings. The third-order valence-corrected chi connectivity index (χ3v) is 4.32. The minimum Gasteiger partial charge on any atom is -0.255 e. The number of aromatic nitrogens is 1. The molecular formula is C15H16BrN. The highest BCUT2D eigenvalue weighted by Crippen LogP contribution is 2.30. The van der Waals surface area contributed by atoms with Crippen molar-refractivity contribution in [1.29, 1.82) is 0 Å². The largest absolute Gasteiger partial charge is 0.255 e. The highest BCUT2D eigenvalue weighted by molar-refractivity contribution is 9.10. The van der Waals surface area contributed by atoms with Gasteiger partial charge in [-0.1, -0.05) is 31.7 Å². The predicted octanol–water partition coefficient (Wildman–Crippen LogP) is 4.73. The van der Waals surface area contributed by atoms with Crippen molar-refractivity contribution in [1.82, 2.24) is 4.98 Å². The van der Waals surface area contributed by atoms with Crippen LogP contribution in [0, 0.1) is 5.92 Å². The van der Waals surface area contributed by atoms with Gasteiger partial charge in [0.25, 0.3) is 0 Å². The van der Waals surface area contributed by atoms with Crippen LogP contribution in [-0.2, 0) is 6.42 Å². The van der Waals surface area contributed by atoms with Crippen molar-refractivity contribution in [3.05, 3.63) is 40.5 Å². The van der Waals surface area contributed by atoms with Crippen LogP contribution in [0.5, 0.6) is 0 Å². The first kappa shape index (κ1) is 11.2. The maximum atomic E-state index is 4.41. The molecular weight excluding hydrogens is 274 g/mol. The molecule has 0 unspecified atom stereocenters. The molecule has 0 atom stereocenters. The van der Waals surface area contributed by atoms with Gasteiger partial charge in [-0.05, 0) is 52.0 Å². The average molecular weight is 290 g/mol. The van der Waals surface area contributed by atoms with Gasteiger partial charge < -0.3 is 0 Å². The van der Waals surface area contributed by atoms with Crippen molar-refractivity contribution in [2.75, 3.05) is 0 Å². The minimum atomic E-state index is 0.899. The second-order valence-electron chi connectivity index (χ2n) is 5.01. The molecule has 0 saturated heterocycles. The first-order chi connectivity index (χ1) is 8.33. The highest BCUT2D eigenvalue weighted by atomic mass is 79.9. The van der Waals surface area contributed by atoms with Crippen LogP contribution in [-0.4, -0.2) is 4.98 Å². The normalized spacial score (nSPS) is 16.8. The molecule has 0 aliphatic heterocycles. The van der Waals surface area contributed by atoms with Crippen molar-refractivity contribution in [3.8, 4) is 0 Å². The first-order valence-electron chi connectivity index (χ1n) is 6.36. The van der Waals surface area contributed by atoms with Crippen LogP contribution in [0.2, 0.25) is 0 Å². The molecule has 1 aliphatic carbocycles. The summed E-state index contributed by atoms with van der Waals surface area (Å²) in [7, 11) is 0. The molecule has 0 amide bonds. The van der Waals surface area contributed by atoms with E-state index in [9.17, 15) is 0 Å². The van der Waals surface area contributed by atoms with Gasteiger partial charge in [0.2, 0.25) is 0 Å². The monoisotopic (exact) mass is 289 g/mol. The summed E-state index contributed by atoms with van der Waals surface area (Å²) in [6.07, 6.45) is 8.72. The Balaban J connectivity index is 1.94. The first-order valence-corrected chi connectivity index (χ1v) is 7.15. The fourth-order valence-corrected chi connectivity index (χ4v) is 3.50. The van der Waals surface area contributed by atoms with Crippen LogP contribution in [0.4, 0.5) is 0 Å². The maximum absolute atomic E-state index is 4.41. The van der Waals surface area contributed by atoms with Crippen molar-refractivity contribution in [3.63, 3.8) is 0 Å². The summed E-state index contributed by atoms with van der Waals surface area (Å²) < 4.78 is 1.13. The molecule has 1 fully saturated rings. The molecule has 0 bridgehead atoms. The van der Waals surface area contributed by atoms with E-state index in [4.69, 9.17) is 0 Å². The second kappa shape index (κ2) is 4.77. The van der Waals surface area contributed by atoms with E-state index < -0.39 is 0 Å². The van der Waals surface area contributed by atoms with Gasteiger partial charge in [0, 0.05) is 16.1 Å². The van der Waals surface area contributed by atoms with E-state index in [1.807, 2.05) is 12.3 Å². The summed E-state index contributed by atoms with van der Waals surface area (Å²) in [4.78, 5) is 4.41. The summed E-state index contributed by atoms with van der Waals surface area (Å²) in [5.74, 6) is 0.899. The Morgan fingerprint density at radius 2 is 2.06 bits per heavy atom. The van der Waals surface area contributed by atoms with Crippen LogP contribution >= 0.6 is 15.9 Å². The van der Waals surface area contributed by atoms with Gasteiger partial charge in [-0.2, -0.15) is 0 Å². The zero-order chi connectivity index (χ0) is 11.7. The van der Waals surface area contributed by atoms with E-state index in [1.54, 1.807) is 0 Å². The Hall–Kier alpha value is -0.890. The zero-order valence-electron chi connectivity index (χ0n) is 9.82. The molecule has 17 heavy (non-hydrogen) atoms. The average Bonchev–Trinajstić information content (AvgIpc) is 2.82. The van der Waals surface area contributed by atoms with Crippen LogP contribution in [0.25, 0.3) is 10.9 Å². The van der Waals surface area contributed by atoms with E-state index in [0.717, 1.165) is 15.9 Å². The van der Waals surface area contributed by atoms with Crippen LogP contribution in [0.15, 0.2) is 34.9 Å². The third-order valence-electron chi connectivity index (χ3n) is 3.72. The lowest BCUT2D eigenvalue weighted by Crippen LogP contribution is -1.99. The van der Waals surface area contributed by atoms with Gasteiger partial charge in [0.05, 0.1) is 5.52 Å². The molecule has 3 rings (SSSR count). The molecule has 1 nitrogen and oxygen atoms in total. The number of pyridine rings is 1. The van der Waals surface area contributed by atoms with Gasteiger partial charge in [0.15, 0.2) is 0 Å². The number of nitrogens with zero attached hydrogens (tertiary/aromatic N) is 1. The van der Waals surface area contributed by atoms with Crippen molar-refractivity contribution in [2.45, 2.75) is 32.1 Å². The van der Waals surface area contributed by atoms with Crippen LogP contribution < -0.4 is 0 Å². The Morgan fingerprint density at radius 3 is 2.88 bits per heavy atom. The topological polar surface area (TPSA) is 12.9 Å². The standard InChI is InChI=1S/C15H16BrN/c16-14-10-12(8-11-4-1-2-5-11)9-13-6-3-7-17-15(13)14/h3,6-7,9-11H,1-2,4-5,8H2. The van der Waals surface area contributed by atoms with Crippen LogP contribution in [0.1, 0.15) is 31.2 Å². The van der Waals surface area contributed by atoms with Gasteiger partial charge >= 0.3 is 0 Å². The number of hydrogen-bond donors (Lipinski definition) is 0. The Kier molecular flexibility index (Phi) is 3.15. The molecule has 0 N–H and O–H groups in total. The summed E-state index contributed by atoms with van der Waals surface area (Å²) in [6.45, 7) is 0. The summed E-state index contributed by atoms with van der Waals surface area (Å²) in [6, 6.07) is 8.69. The summed E-state index contributed by atoms with van der Waals surface area (Å²) >= 11 is 3.63. The van der Waals surface area contributed by atoms with Crippen LogP contribution in [0.3, 0.4) is 0 Å². The molecule has 88 valence electrons. The molecule has 2 heteroatoms. The molecule has 0 radical (unpaired) electrons. The number of hydrogen-bond acceptors (Lipinski definition) is 1. The zero-order valence-corrected chi connectivity index (χ0v) is 11.4. The molecule has 1 aromatic heterocycles. The quantitative estimate of drug-likeness (QED) is 0.779. The lowest BCUT2D eigenvalue weighted by Gasteiger charge is -2.10. The van der Waals surface area contributed by atoms with E-state index in [1.165, 1.54) is 43.1 Å². The van der Waals surface area contributed by atoms with Gasteiger partial charge in [-0.3, -0.25) is 4.98 Å². The molecule has 2 aromatic rings. The van der Waals surface area contributed by atoms with E-state index >= 15 is 0 Å². The van der Waals surface area contributed by atoms with E-state index in [0.29, 0.717) is 0 Å². The van der Waals surface area contributed by atoms with Gasteiger partial charge in [-0.25, -0.2) is 0 Å². The van der Waals surface area contributed by atoms with Gasteiger partial charge in [0.1, 0.15) is 0 Å². The highest BCUT2D eigenvalue weighted by Gasteiger charge is 2.16. The lowest BCUT2D eigenvalue weighted by molar-refractivity contribution is 0.546. The van der Waals surface area contributed by atoms with E-state index in [-0.39, 0.29) is 0 Å². The maximum Gasteiger partial charge on any atom is 0.0844 e. The van der Waals surface area contributed by atoms with E-state index in [2.05, 4.69) is 39.1 Å². The predicted molar refractivity (Wildman–Crippen MR) is 75.1 cm³/mol. The number of benzene rings is 1. The SMILES string of the molecule is Brc1cc(CC2CCCC2)cc2cccnc12. The van der Waals surface area contributed by atoms with Gasteiger partial charge in [-0.15, -0.1) is 0 Å². The molecule has 0 spiro atoms. The fourth-order valence-electron chi connectivity index (χ4n) is 2.87. The number of halogens is 1. The number of fused-ring (bicyclic) bond motifs is 1. The number of rotatable bonds is 2. The Labute approximate surface area is 110 Å². The molecule has 1 heterocycles. The minimum absolute atomic E-state index is 0.899. The second-order valence-corrected chi connectivity index (χ2v) is 5.86. The molecule has 1 saturated carbocycles. The Morgan fingerprint density at radius 1 is 1.24 bits per heavy atom. The summed E-state index contributed by atoms with van der Waals surface area (Å²) in [5, 5.41) is 1.25. The smallest absolute Gasteiger partial charge is 0.0844 e. The van der Waals surface area contributed by atoms with Crippen molar-refractivity contribution >= 4 is 26.8 Å². The fraction of sp³-hybridized carbons (Fsp3) is 0.400. The van der Waals surface area contributed by atoms with Crippen molar-refractivity contribution in [2.24, 2.45) is 5.92 Å². The Bertz CT molecular complexity index is 529. The summed E-state index contributed by atoms with van der Waals surface area (Å²) in [5.41, 5.74) is 2.52. The third kappa shape index (κ3) is 2.37. The molecule has 1 aromatic carbocycles. The lowest BCUT2D eigenvalue weighted by atomic mass is 9.97.